The number of hydrogen-bond acceptors (Lipinski definition) is 5. The molecule has 5 rings (SSSR count). The number of carbonyl (C=O) groups is 1. The molecule has 2 atom stereocenters. The zero-order chi connectivity index (χ0) is 22.1. The van der Waals surface area contributed by atoms with Gasteiger partial charge in [-0.25, -0.2) is 14.8 Å². The number of fused-ring (bicyclic) bond motifs is 3. The summed E-state index contributed by atoms with van der Waals surface area (Å²) in [7, 11) is 1.72. The van der Waals surface area contributed by atoms with Crippen molar-refractivity contribution in [3.63, 3.8) is 0 Å². The fourth-order valence-electron chi connectivity index (χ4n) is 4.55. The lowest BCUT2D eigenvalue weighted by molar-refractivity contribution is 0.132. The Morgan fingerprint density at radius 1 is 1.22 bits per heavy atom. The summed E-state index contributed by atoms with van der Waals surface area (Å²) in [6.07, 6.45) is 4.83. The fourth-order valence-corrected chi connectivity index (χ4v) is 4.55. The number of ether oxygens (including phenoxy) is 1. The standard InChI is InChI=1S/C24H25N5O3/c1-29-22-18(11-6-12-25-22)19-20(23(29)30)28-21(27-19)16-9-5-10-17(13-16)26-24(31)32-14-15-7-3-2-4-8-15/h2-4,6-8,11-12,16-17H,5,9-10,13-14H2,1H3,(H,26,31)(H,27,28). The molecular weight excluding hydrogens is 406 g/mol. The molecule has 2 unspecified atom stereocenters. The number of pyridine rings is 2. The van der Waals surface area contributed by atoms with Gasteiger partial charge in [0, 0.05) is 30.6 Å². The molecule has 164 valence electrons. The van der Waals surface area contributed by atoms with Crippen molar-refractivity contribution >= 4 is 28.2 Å². The monoisotopic (exact) mass is 431 g/mol. The molecule has 3 heterocycles. The number of alkyl carbamates (subject to hydrolysis) is 1. The third-order valence-electron chi connectivity index (χ3n) is 6.20. The molecule has 3 aromatic heterocycles. The Balaban J connectivity index is 1.32. The number of amides is 1. The van der Waals surface area contributed by atoms with Crippen molar-refractivity contribution in [2.75, 3.05) is 0 Å². The van der Waals surface area contributed by atoms with Gasteiger partial charge < -0.3 is 15.0 Å². The molecule has 1 aliphatic carbocycles. The second-order valence-corrected chi connectivity index (χ2v) is 8.35. The Morgan fingerprint density at radius 3 is 2.91 bits per heavy atom. The first-order valence-corrected chi connectivity index (χ1v) is 10.9. The van der Waals surface area contributed by atoms with E-state index in [2.05, 4.69) is 15.3 Å². The zero-order valence-corrected chi connectivity index (χ0v) is 17.9. The number of aromatic amines is 1. The molecule has 1 aromatic carbocycles. The maximum atomic E-state index is 12.8. The summed E-state index contributed by atoms with van der Waals surface area (Å²) in [5.41, 5.74) is 2.59. The first-order valence-electron chi connectivity index (χ1n) is 10.9. The predicted octanol–water partition coefficient (Wildman–Crippen LogP) is 3.76. The van der Waals surface area contributed by atoms with Gasteiger partial charge in [-0.2, -0.15) is 0 Å². The summed E-state index contributed by atoms with van der Waals surface area (Å²) in [4.78, 5) is 37.5. The lowest BCUT2D eigenvalue weighted by Gasteiger charge is -2.28. The molecule has 2 N–H and O–H groups in total. The minimum absolute atomic E-state index is 0.00600. The number of aryl methyl sites for hydroxylation is 1. The molecule has 8 nitrogen and oxygen atoms in total. The van der Waals surface area contributed by atoms with E-state index in [0.29, 0.717) is 16.7 Å². The van der Waals surface area contributed by atoms with Gasteiger partial charge in [-0.05, 0) is 37.0 Å². The van der Waals surface area contributed by atoms with Gasteiger partial charge in [0.2, 0.25) is 0 Å². The van der Waals surface area contributed by atoms with Crippen LogP contribution < -0.4 is 10.9 Å². The molecule has 1 amide bonds. The van der Waals surface area contributed by atoms with Gasteiger partial charge >= 0.3 is 6.09 Å². The van der Waals surface area contributed by atoms with Crippen LogP contribution in [0.4, 0.5) is 4.79 Å². The molecule has 1 fully saturated rings. The molecular formula is C24H25N5O3. The number of rotatable bonds is 4. The highest BCUT2D eigenvalue weighted by Gasteiger charge is 2.28. The average molecular weight is 431 g/mol. The van der Waals surface area contributed by atoms with Crippen LogP contribution in [0.2, 0.25) is 0 Å². The minimum Gasteiger partial charge on any atom is -0.445 e. The van der Waals surface area contributed by atoms with E-state index >= 15 is 0 Å². The van der Waals surface area contributed by atoms with Crippen LogP contribution in [0.3, 0.4) is 0 Å². The highest BCUT2D eigenvalue weighted by Crippen LogP contribution is 2.33. The Kier molecular flexibility index (Phi) is 5.34. The van der Waals surface area contributed by atoms with E-state index in [4.69, 9.17) is 9.72 Å². The summed E-state index contributed by atoms with van der Waals surface area (Å²) >= 11 is 0. The van der Waals surface area contributed by atoms with E-state index in [1.54, 1.807) is 17.8 Å². The first kappa shape index (κ1) is 20.2. The van der Waals surface area contributed by atoms with Crippen molar-refractivity contribution in [2.24, 2.45) is 7.05 Å². The molecule has 4 aromatic rings. The molecule has 0 saturated heterocycles. The van der Waals surface area contributed by atoms with Crippen molar-refractivity contribution < 1.29 is 9.53 Å². The lowest BCUT2D eigenvalue weighted by atomic mass is 9.85. The van der Waals surface area contributed by atoms with Crippen LogP contribution in [0.5, 0.6) is 0 Å². The molecule has 32 heavy (non-hydrogen) atoms. The van der Waals surface area contributed by atoms with Crippen LogP contribution in [-0.4, -0.2) is 31.7 Å². The smallest absolute Gasteiger partial charge is 0.407 e. The number of nitrogens with zero attached hydrogens (tertiary/aromatic N) is 3. The van der Waals surface area contributed by atoms with Gasteiger partial charge in [0.15, 0.2) is 0 Å². The molecule has 0 aliphatic heterocycles. The lowest BCUT2D eigenvalue weighted by Crippen LogP contribution is -2.38. The molecule has 8 heteroatoms. The van der Waals surface area contributed by atoms with E-state index in [9.17, 15) is 9.59 Å². The Morgan fingerprint density at radius 2 is 2.06 bits per heavy atom. The summed E-state index contributed by atoms with van der Waals surface area (Å²) < 4.78 is 6.92. The minimum atomic E-state index is -0.407. The zero-order valence-electron chi connectivity index (χ0n) is 17.9. The van der Waals surface area contributed by atoms with Crippen LogP contribution in [0, 0.1) is 0 Å². The predicted molar refractivity (Wildman–Crippen MR) is 121 cm³/mol. The number of aromatic nitrogens is 4. The quantitative estimate of drug-likeness (QED) is 0.512. The van der Waals surface area contributed by atoms with Gasteiger partial charge in [0.25, 0.3) is 5.56 Å². The van der Waals surface area contributed by atoms with Crippen LogP contribution in [0.1, 0.15) is 43.0 Å². The summed E-state index contributed by atoms with van der Waals surface area (Å²) in [6.45, 7) is 0.247. The van der Waals surface area contributed by atoms with E-state index < -0.39 is 6.09 Å². The van der Waals surface area contributed by atoms with Gasteiger partial charge in [-0.1, -0.05) is 36.8 Å². The number of hydrogen-bond donors (Lipinski definition) is 2. The maximum Gasteiger partial charge on any atom is 0.407 e. The molecule has 1 saturated carbocycles. The molecule has 0 bridgehead atoms. The van der Waals surface area contributed by atoms with Gasteiger partial charge in [0.05, 0.1) is 0 Å². The van der Waals surface area contributed by atoms with Gasteiger partial charge in [-0.3, -0.25) is 9.36 Å². The Hall–Kier alpha value is -3.68. The van der Waals surface area contributed by atoms with Crippen molar-refractivity contribution in [2.45, 2.75) is 44.2 Å². The summed E-state index contributed by atoms with van der Waals surface area (Å²) in [6, 6.07) is 13.4. The summed E-state index contributed by atoms with van der Waals surface area (Å²) in [5.74, 6) is 0.921. The molecule has 0 spiro atoms. The number of H-pyrrole nitrogens is 1. The fraction of sp³-hybridized carbons (Fsp3) is 0.333. The highest BCUT2D eigenvalue weighted by atomic mass is 16.5. The molecule has 0 radical (unpaired) electrons. The average Bonchev–Trinajstić information content (AvgIpc) is 3.28. The topological polar surface area (TPSA) is 102 Å². The largest absolute Gasteiger partial charge is 0.445 e. The number of imidazole rings is 1. The normalized spacial score (nSPS) is 18.7. The first-order chi connectivity index (χ1) is 15.6. The van der Waals surface area contributed by atoms with Crippen molar-refractivity contribution in [1.29, 1.82) is 0 Å². The second kappa shape index (κ2) is 8.45. The Bertz CT molecular complexity index is 1330. The molecule has 1 aliphatic rings. The van der Waals surface area contributed by atoms with Crippen LogP contribution in [0.25, 0.3) is 22.1 Å². The van der Waals surface area contributed by atoms with Crippen LogP contribution in [-0.2, 0) is 18.4 Å². The van der Waals surface area contributed by atoms with E-state index in [-0.39, 0.29) is 24.1 Å². The van der Waals surface area contributed by atoms with Gasteiger partial charge in [0.1, 0.15) is 29.1 Å². The summed E-state index contributed by atoms with van der Waals surface area (Å²) in [5, 5.41) is 3.84. The number of carbonyl (C=O) groups excluding carboxylic acids is 1. The third-order valence-corrected chi connectivity index (χ3v) is 6.20. The van der Waals surface area contributed by atoms with Crippen LogP contribution in [0.15, 0.2) is 53.5 Å². The van der Waals surface area contributed by atoms with E-state index in [1.165, 1.54) is 0 Å². The van der Waals surface area contributed by atoms with Crippen molar-refractivity contribution in [3.8, 4) is 0 Å². The van der Waals surface area contributed by atoms with Crippen LogP contribution >= 0.6 is 0 Å². The number of nitrogens with one attached hydrogen (secondary N) is 2. The maximum absolute atomic E-state index is 12.8. The van der Waals surface area contributed by atoms with E-state index in [0.717, 1.165) is 42.5 Å². The highest BCUT2D eigenvalue weighted by molar-refractivity contribution is 6.00. The SMILES string of the molecule is Cn1c(=O)c2[nH]c(C3CCCC(NC(=O)OCc4ccccc4)C3)nc2c2cccnc21. The van der Waals surface area contributed by atoms with Crippen molar-refractivity contribution in [3.05, 3.63) is 70.4 Å². The third kappa shape index (κ3) is 3.84. The number of benzene rings is 1. The second-order valence-electron chi connectivity index (χ2n) is 8.35. The van der Waals surface area contributed by atoms with Gasteiger partial charge in [-0.15, -0.1) is 0 Å². The van der Waals surface area contributed by atoms with E-state index in [1.807, 2.05) is 42.5 Å². The Labute approximate surface area is 184 Å². The van der Waals surface area contributed by atoms with Crippen molar-refractivity contribution in [1.82, 2.24) is 24.8 Å².